The fourth-order valence-corrected chi connectivity index (χ4v) is 4.35. The summed E-state index contributed by atoms with van der Waals surface area (Å²) in [6.07, 6.45) is 5.87. The molecule has 2 fully saturated rings. The van der Waals surface area contributed by atoms with Gasteiger partial charge in [-0.25, -0.2) is 4.98 Å². The lowest BCUT2D eigenvalue weighted by molar-refractivity contribution is -0.00793. The van der Waals surface area contributed by atoms with Gasteiger partial charge in [-0.2, -0.15) is 0 Å². The largest absolute Gasteiger partial charge is 0.486 e. The maximum atomic E-state index is 12.1. The molecule has 3 heterocycles. The van der Waals surface area contributed by atoms with Crippen molar-refractivity contribution in [1.29, 1.82) is 0 Å². The summed E-state index contributed by atoms with van der Waals surface area (Å²) in [5.74, 6) is 0.924. The molecule has 2 N–H and O–H groups in total. The minimum Gasteiger partial charge on any atom is -0.486 e. The highest BCUT2D eigenvalue weighted by Gasteiger charge is 2.38. The number of carbonyl (C=O) groups excluding carboxylic acids is 1. The van der Waals surface area contributed by atoms with E-state index in [0.29, 0.717) is 23.4 Å². The van der Waals surface area contributed by atoms with Gasteiger partial charge in [0.05, 0.1) is 6.20 Å². The first-order chi connectivity index (χ1) is 14.1. The molecule has 154 valence electrons. The van der Waals surface area contributed by atoms with E-state index in [9.17, 15) is 9.59 Å². The standard InChI is InChI=1S/C22H28N4O3/c1-3-14-5-8-19(25-21(14)27)15-4-6-16(10-15)26-12-18(13-26)29-17-7-9-20(24-11-17)22(28)23-2/h5,7-9,11,15-16,18H,3-4,6,10,12-13H2,1-2H3,(H,23,28)(H,25,27)/t15-,16+/m1/s1. The fourth-order valence-electron chi connectivity index (χ4n) is 4.35. The summed E-state index contributed by atoms with van der Waals surface area (Å²) in [6.45, 7) is 3.81. The molecule has 7 heteroatoms. The van der Waals surface area contributed by atoms with E-state index in [1.54, 1.807) is 25.4 Å². The summed E-state index contributed by atoms with van der Waals surface area (Å²) in [6, 6.07) is 8.07. The van der Waals surface area contributed by atoms with Crippen LogP contribution in [0.2, 0.25) is 0 Å². The van der Waals surface area contributed by atoms with Crippen LogP contribution in [-0.4, -0.2) is 53.1 Å². The molecule has 2 aromatic rings. The van der Waals surface area contributed by atoms with E-state index in [2.05, 4.69) is 26.3 Å². The quantitative estimate of drug-likeness (QED) is 0.781. The molecule has 0 aromatic carbocycles. The Hall–Kier alpha value is -2.67. The summed E-state index contributed by atoms with van der Waals surface area (Å²) in [7, 11) is 1.59. The second kappa shape index (κ2) is 8.37. The predicted molar refractivity (Wildman–Crippen MR) is 110 cm³/mol. The lowest BCUT2D eigenvalue weighted by Gasteiger charge is -2.42. The number of aromatic nitrogens is 2. The molecule has 29 heavy (non-hydrogen) atoms. The Morgan fingerprint density at radius 3 is 2.76 bits per heavy atom. The van der Waals surface area contributed by atoms with Gasteiger partial charge >= 0.3 is 0 Å². The smallest absolute Gasteiger partial charge is 0.269 e. The van der Waals surface area contributed by atoms with Crippen LogP contribution in [0.4, 0.5) is 0 Å². The number of amides is 1. The highest BCUT2D eigenvalue weighted by atomic mass is 16.5. The van der Waals surface area contributed by atoms with Crippen LogP contribution in [0.15, 0.2) is 35.3 Å². The summed E-state index contributed by atoms with van der Waals surface area (Å²) in [5, 5.41) is 2.56. The first-order valence-corrected chi connectivity index (χ1v) is 10.4. The Morgan fingerprint density at radius 2 is 2.10 bits per heavy atom. The van der Waals surface area contributed by atoms with Crippen molar-refractivity contribution < 1.29 is 9.53 Å². The molecule has 0 spiro atoms. The Morgan fingerprint density at radius 1 is 1.28 bits per heavy atom. The molecule has 1 saturated carbocycles. The van der Waals surface area contributed by atoms with E-state index in [4.69, 9.17) is 4.74 Å². The van der Waals surface area contributed by atoms with Crippen molar-refractivity contribution in [1.82, 2.24) is 20.2 Å². The highest BCUT2D eigenvalue weighted by molar-refractivity contribution is 5.91. The zero-order valence-corrected chi connectivity index (χ0v) is 17.0. The van der Waals surface area contributed by atoms with Gasteiger partial charge in [-0.3, -0.25) is 14.5 Å². The highest BCUT2D eigenvalue weighted by Crippen LogP contribution is 2.37. The number of aryl methyl sites for hydroxylation is 1. The summed E-state index contributed by atoms with van der Waals surface area (Å²) < 4.78 is 5.98. The molecular formula is C22H28N4O3. The first-order valence-electron chi connectivity index (χ1n) is 10.4. The number of aromatic amines is 1. The van der Waals surface area contributed by atoms with E-state index in [0.717, 1.165) is 50.0 Å². The maximum Gasteiger partial charge on any atom is 0.269 e. The molecule has 2 aliphatic rings. The average Bonchev–Trinajstić information content (AvgIpc) is 3.19. The monoisotopic (exact) mass is 396 g/mol. The second-order valence-corrected chi connectivity index (χ2v) is 7.94. The van der Waals surface area contributed by atoms with E-state index in [-0.39, 0.29) is 17.6 Å². The van der Waals surface area contributed by atoms with Crippen LogP contribution in [0.5, 0.6) is 5.75 Å². The van der Waals surface area contributed by atoms with Crippen molar-refractivity contribution in [2.24, 2.45) is 0 Å². The second-order valence-electron chi connectivity index (χ2n) is 7.94. The van der Waals surface area contributed by atoms with E-state index in [1.165, 1.54) is 0 Å². The summed E-state index contributed by atoms with van der Waals surface area (Å²) >= 11 is 0. The molecule has 2 atom stereocenters. The number of likely N-dealkylation sites (tertiary alicyclic amines) is 1. The number of hydrogen-bond acceptors (Lipinski definition) is 5. The Kier molecular flexibility index (Phi) is 5.67. The van der Waals surface area contributed by atoms with Crippen LogP contribution >= 0.6 is 0 Å². The normalized spacial score (nSPS) is 22.3. The van der Waals surface area contributed by atoms with Crippen LogP contribution in [0, 0.1) is 0 Å². The third kappa shape index (κ3) is 4.19. The molecule has 1 saturated heterocycles. The van der Waals surface area contributed by atoms with Crippen molar-refractivity contribution in [2.45, 2.75) is 50.7 Å². The van der Waals surface area contributed by atoms with Crippen LogP contribution < -0.4 is 15.6 Å². The molecule has 7 nitrogen and oxygen atoms in total. The van der Waals surface area contributed by atoms with Gasteiger partial charge in [0.1, 0.15) is 17.5 Å². The van der Waals surface area contributed by atoms with E-state index < -0.39 is 0 Å². The summed E-state index contributed by atoms with van der Waals surface area (Å²) in [4.78, 5) is 33.3. The number of nitrogens with one attached hydrogen (secondary N) is 2. The lowest BCUT2D eigenvalue weighted by atomic mass is 10.0. The number of carbonyl (C=O) groups is 1. The predicted octanol–water partition coefficient (Wildman–Crippen LogP) is 2.09. The molecule has 1 aliphatic carbocycles. The summed E-state index contributed by atoms with van der Waals surface area (Å²) in [5.41, 5.74) is 2.37. The first kappa shape index (κ1) is 19.6. The number of rotatable bonds is 6. The Balaban J connectivity index is 1.27. The van der Waals surface area contributed by atoms with Crippen LogP contribution in [0.3, 0.4) is 0 Å². The number of ether oxygens (including phenoxy) is 1. The van der Waals surface area contributed by atoms with Gasteiger partial charge < -0.3 is 15.0 Å². The number of H-pyrrole nitrogens is 1. The van der Waals surface area contributed by atoms with Crippen molar-refractivity contribution in [2.75, 3.05) is 20.1 Å². The van der Waals surface area contributed by atoms with Crippen LogP contribution in [-0.2, 0) is 6.42 Å². The minimum absolute atomic E-state index is 0.0573. The number of pyridine rings is 2. The Labute approximate surface area is 170 Å². The van der Waals surface area contributed by atoms with E-state index in [1.807, 2.05) is 13.0 Å². The molecule has 1 amide bonds. The fraction of sp³-hybridized carbons (Fsp3) is 0.500. The minimum atomic E-state index is -0.201. The SMILES string of the molecule is CCc1ccc([C@@H]2CC[C@H](N3CC(Oc4ccc(C(=O)NC)nc4)C3)C2)[nH]c1=O. The molecule has 2 aromatic heterocycles. The average molecular weight is 396 g/mol. The lowest BCUT2D eigenvalue weighted by Crippen LogP contribution is -2.57. The molecule has 4 rings (SSSR count). The molecule has 0 bridgehead atoms. The topological polar surface area (TPSA) is 87.3 Å². The van der Waals surface area contributed by atoms with Gasteiger partial charge in [0, 0.05) is 43.4 Å². The van der Waals surface area contributed by atoms with Gasteiger partial charge in [-0.1, -0.05) is 13.0 Å². The van der Waals surface area contributed by atoms with E-state index >= 15 is 0 Å². The van der Waals surface area contributed by atoms with Gasteiger partial charge in [-0.05, 0) is 43.9 Å². The Bertz CT molecular complexity index is 918. The molecule has 1 aliphatic heterocycles. The number of nitrogens with zero attached hydrogens (tertiary/aromatic N) is 2. The van der Waals surface area contributed by atoms with Gasteiger partial charge in [0.25, 0.3) is 11.5 Å². The number of hydrogen-bond donors (Lipinski definition) is 2. The zero-order chi connectivity index (χ0) is 20.4. The van der Waals surface area contributed by atoms with Gasteiger partial charge in [-0.15, -0.1) is 0 Å². The van der Waals surface area contributed by atoms with Crippen molar-refractivity contribution >= 4 is 5.91 Å². The van der Waals surface area contributed by atoms with Gasteiger partial charge in [0.2, 0.25) is 0 Å². The van der Waals surface area contributed by atoms with Crippen LogP contribution in [0.25, 0.3) is 0 Å². The van der Waals surface area contributed by atoms with Crippen LogP contribution in [0.1, 0.15) is 53.8 Å². The molecule has 0 unspecified atom stereocenters. The third-order valence-corrected chi connectivity index (χ3v) is 6.13. The molecule has 0 radical (unpaired) electrons. The maximum absolute atomic E-state index is 12.1. The van der Waals surface area contributed by atoms with Gasteiger partial charge in [0.15, 0.2) is 0 Å². The van der Waals surface area contributed by atoms with Crippen molar-refractivity contribution in [3.63, 3.8) is 0 Å². The molecular weight excluding hydrogens is 368 g/mol. The third-order valence-electron chi connectivity index (χ3n) is 6.13. The zero-order valence-electron chi connectivity index (χ0n) is 17.0. The van der Waals surface area contributed by atoms with Crippen molar-refractivity contribution in [3.05, 3.63) is 57.8 Å². The van der Waals surface area contributed by atoms with Crippen molar-refractivity contribution in [3.8, 4) is 5.75 Å².